The van der Waals surface area contributed by atoms with Gasteiger partial charge in [-0.2, -0.15) is 4.31 Å². The highest BCUT2D eigenvalue weighted by Crippen LogP contribution is 2.11. The Balaban J connectivity index is 1.91. The molecule has 8 heteroatoms. The summed E-state index contributed by atoms with van der Waals surface area (Å²) in [5.41, 5.74) is 1.80. The topological polar surface area (TPSA) is 79.4 Å². The number of hydrogen-bond donors (Lipinski definition) is 1. The lowest BCUT2D eigenvalue weighted by Gasteiger charge is -2.19. The van der Waals surface area contributed by atoms with Crippen LogP contribution in [0.25, 0.3) is 0 Å². The molecule has 2 rings (SSSR count). The summed E-state index contributed by atoms with van der Waals surface area (Å²) in [4.78, 5) is 16.0. The summed E-state index contributed by atoms with van der Waals surface area (Å²) in [5.74, 6) is -0.356. The second-order valence-electron chi connectivity index (χ2n) is 5.61. The van der Waals surface area contributed by atoms with Crippen molar-refractivity contribution in [1.82, 2.24) is 14.6 Å². The summed E-state index contributed by atoms with van der Waals surface area (Å²) in [6, 6.07) is 10.8. The Bertz CT molecular complexity index is 796. The van der Waals surface area contributed by atoms with Gasteiger partial charge in [0.1, 0.15) is 0 Å². The molecule has 0 aliphatic rings. The van der Waals surface area contributed by atoms with Crippen molar-refractivity contribution >= 4 is 27.5 Å². The average molecular weight is 382 g/mol. The molecule has 1 amide bonds. The van der Waals surface area contributed by atoms with Crippen LogP contribution in [0.4, 0.5) is 0 Å². The molecule has 0 aliphatic carbocycles. The zero-order valence-corrected chi connectivity index (χ0v) is 15.4. The smallest absolute Gasteiger partial charge is 0.235 e. The number of hydrogen-bond acceptors (Lipinski definition) is 4. The molecule has 0 spiro atoms. The molecule has 0 fully saturated rings. The van der Waals surface area contributed by atoms with Crippen molar-refractivity contribution in [3.8, 4) is 0 Å². The van der Waals surface area contributed by atoms with Crippen LogP contribution in [0, 0.1) is 0 Å². The van der Waals surface area contributed by atoms with E-state index in [4.69, 9.17) is 11.6 Å². The largest absolute Gasteiger partial charge is 0.351 e. The minimum absolute atomic E-state index is 0.216. The van der Waals surface area contributed by atoms with Crippen molar-refractivity contribution < 1.29 is 13.2 Å². The number of nitrogens with zero attached hydrogens (tertiary/aromatic N) is 2. The van der Waals surface area contributed by atoms with E-state index in [0.29, 0.717) is 18.0 Å². The van der Waals surface area contributed by atoms with Crippen molar-refractivity contribution in [2.75, 3.05) is 19.3 Å². The Labute approximate surface area is 152 Å². The van der Waals surface area contributed by atoms with E-state index in [2.05, 4.69) is 10.3 Å². The van der Waals surface area contributed by atoms with Gasteiger partial charge in [0, 0.05) is 30.5 Å². The Morgan fingerprint density at radius 2 is 1.92 bits per heavy atom. The molecular weight excluding hydrogens is 362 g/mol. The monoisotopic (exact) mass is 381 g/mol. The van der Waals surface area contributed by atoms with Crippen LogP contribution in [0.5, 0.6) is 0 Å². The molecule has 0 bridgehead atoms. The third-order valence-corrected chi connectivity index (χ3v) is 5.07. The summed E-state index contributed by atoms with van der Waals surface area (Å²) in [5, 5.41) is 3.33. The predicted molar refractivity (Wildman–Crippen MR) is 97.7 cm³/mol. The first kappa shape index (κ1) is 19.4. The van der Waals surface area contributed by atoms with Crippen molar-refractivity contribution in [2.24, 2.45) is 0 Å². The van der Waals surface area contributed by atoms with Crippen molar-refractivity contribution in [2.45, 2.75) is 13.0 Å². The second kappa shape index (κ2) is 8.94. The maximum absolute atomic E-state index is 12.1. The molecule has 0 saturated carbocycles. The molecule has 1 heterocycles. The molecule has 0 saturated heterocycles. The van der Waals surface area contributed by atoms with E-state index in [0.717, 1.165) is 17.4 Å². The highest BCUT2D eigenvalue weighted by atomic mass is 35.5. The predicted octanol–water partition coefficient (Wildman–Crippen LogP) is 1.86. The van der Waals surface area contributed by atoms with E-state index < -0.39 is 10.0 Å². The molecule has 0 aliphatic heterocycles. The van der Waals surface area contributed by atoms with E-state index in [9.17, 15) is 13.2 Å². The fraction of sp³-hybridized carbons (Fsp3) is 0.294. The van der Waals surface area contributed by atoms with E-state index in [1.165, 1.54) is 4.31 Å². The molecule has 0 unspecified atom stereocenters. The number of nitrogens with one attached hydrogen (secondary N) is 1. The van der Waals surface area contributed by atoms with Crippen molar-refractivity contribution in [1.29, 1.82) is 0 Å². The van der Waals surface area contributed by atoms with Crippen LogP contribution in [0.1, 0.15) is 11.1 Å². The Kier molecular flexibility index (Phi) is 6.92. The first-order valence-corrected chi connectivity index (χ1v) is 9.92. The Hall–Kier alpha value is -1.96. The van der Waals surface area contributed by atoms with Gasteiger partial charge in [-0.3, -0.25) is 9.78 Å². The van der Waals surface area contributed by atoms with E-state index >= 15 is 0 Å². The van der Waals surface area contributed by atoms with Crippen LogP contribution < -0.4 is 5.32 Å². The van der Waals surface area contributed by atoms with Crippen LogP contribution >= 0.6 is 11.6 Å². The molecule has 1 aromatic carbocycles. The van der Waals surface area contributed by atoms with Crippen LogP contribution in [-0.4, -0.2) is 43.0 Å². The Morgan fingerprint density at radius 1 is 1.20 bits per heavy atom. The van der Waals surface area contributed by atoms with Gasteiger partial charge in [0.2, 0.25) is 15.9 Å². The first-order valence-electron chi connectivity index (χ1n) is 7.70. The maximum atomic E-state index is 12.1. The number of aromatic nitrogens is 1. The molecule has 0 atom stereocenters. The quantitative estimate of drug-likeness (QED) is 0.756. The average Bonchev–Trinajstić information content (AvgIpc) is 2.58. The van der Waals surface area contributed by atoms with Crippen LogP contribution in [-0.2, 0) is 27.8 Å². The van der Waals surface area contributed by atoms with Crippen LogP contribution in [0.15, 0.2) is 48.8 Å². The van der Waals surface area contributed by atoms with Gasteiger partial charge in [0.05, 0.1) is 12.8 Å². The summed E-state index contributed by atoms with van der Waals surface area (Å²) in [7, 11) is -3.49. The summed E-state index contributed by atoms with van der Waals surface area (Å²) in [6.45, 7) is 0.314. The van der Waals surface area contributed by atoms with Crippen LogP contribution in [0.3, 0.4) is 0 Å². The number of carbonyl (C=O) groups is 1. The van der Waals surface area contributed by atoms with Crippen molar-refractivity contribution in [3.05, 3.63) is 64.9 Å². The lowest BCUT2D eigenvalue weighted by molar-refractivity contribution is -0.121. The van der Waals surface area contributed by atoms with Crippen molar-refractivity contribution in [3.63, 3.8) is 0 Å². The highest BCUT2D eigenvalue weighted by molar-refractivity contribution is 7.88. The molecule has 25 heavy (non-hydrogen) atoms. The third-order valence-electron chi connectivity index (χ3n) is 3.56. The van der Waals surface area contributed by atoms with Gasteiger partial charge in [0.15, 0.2) is 0 Å². The number of amides is 1. The van der Waals surface area contributed by atoms with E-state index in [1.807, 2.05) is 18.2 Å². The summed E-state index contributed by atoms with van der Waals surface area (Å²) < 4.78 is 25.0. The van der Waals surface area contributed by atoms with Gasteiger partial charge < -0.3 is 5.32 Å². The molecular formula is C17H20ClN3O3S. The van der Waals surface area contributed by atoms with E-state index in [-0.39, 0.29) is 19.0 Å². The molecule has 1 N–H and O–H groups in total. The van der Waals surface area contributed by atoms with Gasteiger partial charge in [-0.25, -0.2) is 8.42 Å². The molecule has 1 aromatic heterocycles. The minimum Gasteiger partial charge on any atom is -0.351 e. The first-order chi connectivity index (χ1) is 11.8. The van der Waals surface area contributed by atoms with Gasteiger partial charge in [0.25, 0.3) is 0 Å². The zero-order chi connectivity index (χ0) is 18.3. The molecule has 0 radical (unpaired) electrons. The fourth-order valence-corrected chi connectivity index (χ4v) is 3.09. The minimum atomic E-state index is -3.49. The third kappa shape index (κ3) is 6.81. The maximum Gasteiger partial charge on any atom is 0.235 e. The number of sulfonamides is 1. The molecule has 6 nitrogen and oxygen atoms in total. The highest BCUT2D eigenvalue weighted by Gasteiger charge is 2.19. The standard InChI is InChI=1S/C17H20ClN3O3S/c1-25(23,24)21(10-8-14-4-6-16(18)7-5-14)13-17(22)20-12-15-3-2-9-19-11-15/h2-7,9,11H,8,10,12-13H2,1H3,(H,20,22). The lowest BCUT2D eigenvalue weighted by atomic mass is 10.1. The normalized spacial score (nSPS) is 11.5. The molecule has 2 aromatic rings. The summed E-state index contributed by atoms with van der Waals surface area (Å²) >= 11 is 5.84. The van der Waals surface area contributed by atoms with Crippen LogP contribution in [0.2, 0.25) is 5.02 Å². The SMILES string of the molecule is CS(=O)(=O)N(CCc1ccc(Cl)cc1)CC(=O)NCc1cccnc1. The fourth-order valence-electron chi connectivity index (χ4n) is 2.19. The van der Waals surface area contributed by atoms with E-state index in [1.54, 1.807) is 30.6 Å². The number of pyridine rings is 1. The number of carbonyl (C=O) groups excluding carboxylic acids is 1. The summed E-state index contributed by atoms with van der Waals surface area (Å²) in [6.07, 6.45) is 4.89. The number of rotatable bonds is 8. The van der Waals surface area contributed by atoms with Gasteiger partial charge in [-0.1, -0.05) is 29.8 Å². The van der Waals surface area contributed by atoms with Gasteiger partial charge in [-0.15, -0.1) is 0 Å². The lowest BCUT2D eigenvalue weighted by Crippen LogP contribution is -2.41. The Morgan fingerprint density at radius 3 is 2.52 bits per heavy atom. The number of halogens is 1. The zero-order valence-electron chi connectivity index (χ0n) is 13.9. The van der Waals surface area contributed by atoms with Gasteiger partial charge >= 0.3 is 0 Å². The van der Waals surface area contributed by atoms with Gasteiger partial charge in [-0.05, 0) is 35.7 Å². The second-order valence-corrected chi connectivity index (χ2v) is 8.03. The molecule has 134 valence electrons. The number of benzene rings is 1.